The molecule has 2 aliphatic rings. The molecule has 1 saturated heterocycles. The molecule has 1 aromatic carbocycles. The summed E-state index contributed by atoms with van der Waals surface area (Å²) in [6, 6.07) is 9.94. The van der Waals surface area contributed by atoms with Gasteiger partial charge in [-0.15, -0.1) is 0 Å². The monoisotopic (exact) mass is 322 g/mol. The maximum Gasteiger partial charge on any atom is 0.0513 e. The maximum absolute atomic E-state index is 6.47. The summed E-state index contributed by atoms with van der Waals surface area (Å²) in [7, 11) is 0. The van der Waals surface area contributed by atoms with Crippen molar-refractivity contribution in [2.75, 3.05) is 6.54 Å². The number of piperidine rings is 1. The van der Waals surface area contributed by atoms with Crippen LogP contribution in [0, 0.1) is 5.92 Å². The minimum atomic E-state index is 0.220. The van der Waals surface area contributed by atoms with Crippen LogP contribution in [0.4, 0.5) is 0 Å². The number of rotatable bonds is 4. The number of nitrogens with two attached hydrogens (primary N) is 1. The molecule has 0 amide bonds. The Morgan fingerprint density at radius 2 is 2.16 bits per heavy atom. The molecule has 2 nitrogen and oxygen atoms in total. The van der Waals surface area contributed by atoms with Crippen molar-refractivity contribution in [1.29, 1.82) is 0 Å². The van der Waals surface area contributed by atoms with Crippen LogP contribution in [-0.4, -0.2) is 23.5 Å². The lowest BCUT2D eigenvalue weighted by Crippen LogP contribution is -2.44. The summed E-state index contributed by atoms with van der Waals surface area (Å²) in [6.45, 7) is 3.44. The third-order valence-electron chi connectivity index (χ3n) is 4.91. The summed E-state index contributed by atoms with van der Waals surface area (Å²) in [4.78, 5) is 2.68. The summed E-state index contributed by atoms with van der Waals surface area (Å²) in [5.41, 5.74) is 7.83. The van der Waals surface area contributed by atoms with Gasteiger partial charge in [-0.3, -0.25) is 4.90 Å². The molecule has 4 atom stereocenters. The van der Waals surface area contributed by atoms with Gasteiger partial charge >= 0.3 is 0 Å². The molecule has 3 heteroatoms. The second-order valence-corrected chi connectivity index (χ2v) is 6.92. The Balaban J connectivity index is 1.92. The first kappa shape index (κ1) is 13.6. The second kappa shape index (κ2) is 5.55. The number of likely N-dealkylation sites (tertiary alicyclic amines) is 1. The zero-order chi connectivity index (χ0) is 13.4. The van der Waals surface area contributed by atoms with Crippen molar-refractivity contribution in [1.82, 2.24) is 4.90 Å². The minimum Gasteiger partial charge on any atom is -0.326 e. The first-order valence-corrected chi connectivity index (χ1v) is 8.25. The van der Waals surface area contributed by atoms with Gasteiger partial charge in [0.15, 0.2) is 0 Å². The first-order valence-electron chi connectivity index (χ1n) is 7.46. The molecule has 1 aromatic rings. The molecule has 2 N–H and O–H groups in total. The van der Waals surface area contributed by atoms with Crippen molar-refractivity contribution in [2.24, 2.45) is 11.7 Å². The molecule has 19 heavy (non-hydrogen) atoms. The van der Waals surface area contributed by atoms with Gasteiger partial charge in [-0.1, -0.05) is 41.1 Å². The van der Waals surface area contributed by atoms with Crippen LogP contribution in [0.2, 0.25) is 0 Å². The molecule has 2 bridgehead atoms. The van der Waals surface area contributed by atoms with Crippen LogP contribution in [-0.2, 0) is 0 Å². The maximum atomic E-state index is 6.47. The predicted molar refractivity (Wildman–Crippen MR) is 83.0 cm³/mol. The molecule has 0 aromatic heterocycles. The zero-order valence-corrected chi connectivity index (χ0v) is 13.1. The van der Waals surface area contributed by atoms with E-state index in [1.807, 2.05) is 0 Å². The molecule has 1 aliphatic heterocycles. The van der Waals surface area contributed by atoms with Gasteiger partial charge in [-0.2, -0.15) is 0 Å². The molecule has 1 heterocycles. The van der Waals surface area contributed by atoms with Crippen LogP contribution < -0.4 is 5.73 Å². The molecule has 1 aliphatic carbocycles. The van der Waals surface area contributed by atoms with E-state index in [2.05, 4.69) is 52.0 Å². The standard InChI is InChI=1S/C16H23BrN2/c1-2-15(18)16(13-5-3-4-6-14(13)17)19-10-11-7-8-12(19)9-11/h3-6,11-12,15-16H,2,7-10,18H2,1H3. The molecule has 4 unspecified atom stereocenters. The molecule has 2 fully saturated rings. The van der Waals surface area contributed by atoms with Gasteiger partial charge < -0.3 is 5.73 Å². The molecular formula is C16H23BrN2. The number of hydrogen-bond acceptors (Lipinski definition) is 2. The fourth-order valence-corrected chi connectivity index (χ4v) is 4.42. The highest BCUT2D eigenvalue weighted by Gasteiger charge is 2.43. The van der Waals surface area contributed by atoms with Crippen molar-refractivity contribution in [3.05, 3.63) is 34.3 Å². The lowest BCUT2D eigenvalue weighted by molar-refractivity contribution is 0.127. The van der Waals surface area contributed by atoms with Gasteiger partial charge in [0.25, 0.3) is 0 Å². The predicted octanol–water partition coefficient (Wildman–Crippen LogP) is 3.71. The van der Waals surface area contributed by atoms with Crippen LogP contribution in [0.3, 0.4) is 0 Å². The van der Waals surface area contributed by atoms with E-state index >= 15 is 0 Å². The zero-order valence-electron chi connectivity index (χ0n) is 11.6. The smallest absolute Gasteiger partial charge is 0.0513 e. The molecular weight excluding hydrogens is 300 g/mol. The normalized spacial score (nSPS) is 29.6. The number of benzene rings is 1. The average molecular weight is 323 g/mol. The van der Waals surface area contributed by atoms with Gasteiger partial charge in [0, 0.05) is 23.1 Å². The van der Waals surface area contributed by atoms with Crippen LogP contribution in [0.25, 0.3) is 0 Å². The molecule has 1 saturated carbocycles. The van der Waals surface area contributed by atoms with Gasteiger partial charge in [0.05, 0.1) is 6.04 Å². The fraction of sp³-hybridized carbons (Fsp3) is 0.625. The van der Waals surface area contributed by atoms with Crippen molar-refractivity contribution >= 4 is 15.9 Å². The summed E-state index contributed by atoms with van der Waals surface area (Å²) in [5.74, 6) is 0.916. The van der Waals surface area contributed by atoms with Crippen LogP contribution >= 0.6 is 15.9 Å². The number of halogens is 1. The van der Waals surface area contributed by atoms with E-state index in [0.29, 0.717) is 6.04 Å². The summed E-state index contributed by atoms with van der Waals surface area (Å²) < 4.78 is 1.20. The molecule has 0 spiro atoms. The first-order chi connectivity index (χ1) is 9.20. The van der Waals surface area contributed by atoms with Crippen molar-refractivity contribution in [3.8, 4) is 0 Å². The van der Waals surface area contributed by atoms with E-state index in [0.717, 1.165) is 18.4 Å². The Bertz CT molecular complexity index is 448. The van der Waals surface area contributed by atoms with E-state index in [1.54, 1.807) is 0 Å². The van der Waals surface area contributed by atoms with Gasteiger partial charge in [0.1, 0.15) is 0 Å². The van der Waals surface area contributed by atoms with Gasteiger partial charge in [0.2, 0.25) is 0 Å². The lowest BCUT2D eigenvalue weighted by Gasteiger charge is -2.38. The third-order valence-corrected chi connectivity index (χ3v) is 5.63. The van der Waals surface area contributed by atoms with Crippen LogP contribution in [0.15, 0.2) is 28.7 Å². The summed E-state index contributed by atoms with van der Waals surface area (Å²) >= 11 is 3.71. The van der Waals surface area contributed by atoms with Crippen molar-refractivity contribution in [2.45, 2.75) is 50.7 Å². The Hall–Kier alpha value is -0.380. The minimum absolute atomic E-state index is 0.220. The van der Waals surface area contributed by atoms with E-state index in [9.17, 15) is 0 Å². The van der Waals surface area contributed by atoms with Crippen LogP contribution in [0.5, 0.6) is 0 Å². The summed E-state index contributed by atoms with van der Waals surface area (Å²) in [5, 5.41) is 0. The number of hydrogen-bond donors (Lipinski definition) is 1. The highest BCUT2D eigenvalue weighted by Crippen LogP contribution is 2.44. The van der Waals surface area contributed by atoms with E-state index in [-0.39, 0.29) is 6.04 Å². The highest BCUT2D eigenvalue weighted by molar-refractivity contribution is 9.10. The van der Waals surface area contributed by atoms with E-state index in [4.69, 9.17) is 5.73 Å². The Labute approximate surface area is 124 Å². The SMILES string of the molecule is CCC(N)C(c1ccccc1Br)N1CC2CCC1C2. The Kier molecular flexibility index (Phi) is 3.97. The van der Waals surface area contributed by atoms with E-state index < -0.39 is 0 Å². The van der Waals surface area contributed by atoms with Gasteiger partial charge in [-0.25, -0.2) is 0 Å². The number of nitrogens with zero attached hydrogens (tertiary/aromatic N) is 1. The molecule has 3 rings (SSSR count). The second-order valence-electron chi connectivity index (χ2n) is 6.07. The average Bonchev–Trinajstić information content (AvgIpc) is 3.03. The van der Waals surface area contributed by atoms with E-state index in [1.165, 1.54) is 35.8 Å². The van der Waals surface area contributed by atoms with Crippen molar-refractivity contribution in [3.63, 3.8) is 0 Å². The summed E-state index contributed by atoms with van der Waals surface area (Å²) in [6.07, 6.45) is 5.20. The fourth-order valence-electron chi connectivity index (χ4n) is 3.90. The largest absolute Gasteiger partial charge is 0.326 e. The lowest BCUT2D eigenvalue weighted by atomic mass is 9.94. The highest BCUT2D eigenvalue weighted by atomic mass is 79.9. The molecule has 0 radical (unpaired) electrons. The van der Waals surface area contributed by atoms with Crippen molar-refractivity contribution < 1.29 is 0 Å². The third kappa shape index (κ3) is 2.48. The van der Waals surface area contributed by atoms with Crippen LogP contribution in [0.1, 0.15) is 44.2 Å². The quantitative estimate of drug-likeness (QED) is 0.915. The van der Waals surface area contributed by atoms with Gasteiger partial charge in [-0.05, 0) is 43.2 Å². The topological polar surface area (TPSA) is 29.3 Å². The molecule has 104 valence electrons. The Morgan fingerprint density at radius 1 is 1.37 bits per heavy atom. The Morgan fingerprint density at radius 3 is 2.74 bits per heavy atom. The number of fused-ring (bicyclic) bond motifs is 2.